The summed E-state index contributed by atoms with van der Waals surface area (Å²) in [6.07, 6.45) is 9.64. The third-order valence-corrected chi connectivity index (χ3v) is 7.42. The van der Waals surface area contributed by atoms with Crippen molar-refractivity contribution in [3.8, 4) is 0 Å². The molecule has 0 radical (unpaired) electrons. The molecule has 2 saturated carbocycles. The van der Waals surface area contributed by atoms with Gasteiger partial charge in [-0.25, -0.2) is 0 Å². The van der Waals surface area contributed by atoms with Crippen molar-refractivity contribution < 1.29 is 14.3 Å². The summed E-state index contributed by atoms with van der Waals surface area (Å²) in [5, 5.41) is 0. The van der Waals surface area contributed by atoms with Crippen molar-refractivity contribution in [1.29, 1.82) is 0 Å². The number of hydrogen-bond donors (Lipinski definition) is 0. The van der Waals surface area contributed by atoms with Gasteiger partial charge in [0.25, 0.3) is 0 Å². The summed E-state index contributed by atoms with van der Waals surface area (Å²) in [5.41, 5.74) is 3.31. The molecule has 3 nitrogen and oxygen atoms in total. The summed E-state index contributed by atoms with van der Waals surface area (Å²) in [4.78, 5) is 23.2. The first-order valence-corrected chi connectivity index (χ1v) is 9.39. The van der Waals surface area contributed by atoms with Crippen LogP contribution in [0, 0.1) is 23.2 Å². The first-order chi connectivity index (χ1) is 11.0. The Kier molecular flexibility index (Phi) is 3.66. The molecule has 3 heteroatoms. The lowest BCUT2D eigenvalue weighted by molar-refractivity contribution is -0.155. The molecule has 0 aromatic carbocycles. The third-order valence-electron chi connectivity index (χ3n) is 7.42. The lowest BCUT2D eigenvalue weighted by Gasteiger charge is -2.51. The van der Waals surface area contributed by atoms with E-state index in [1.54, 1.807) is 12.5 Å². The summed E-state index contributed by atoms with van der Waals surface area (Å²) in [6.45, 7) is 3.90. The van der Waals surface area contributed by atoms with Crippen LogP contribution < -0.4 is 0 Å². The lowest BCUT2D eigenvalue weighted by Crippen LogP contribution is -2.46. The zero-order chi connectivity index (χ0) is 16.2. The van der Waals surface area contributed by atoms with Crippen molar-refractivity contribution in [1.82, 2.24) is 0 Å². The van der Waals surface area contributed by atoms with Gasteiger partial charge in [0.15, 0.2) is 0 Å². The Labute approximate surface area is 138 Å². The standard InChI is InChI=1S/C20H28O3/c1-12(21)23-19-8-7-18-17-5-3-13-11-14(22)4-6-15(13)16(17)9-10-20(18,19)2/h16-19H,3-11H2,1-2H3/t16-,17-,18+,19+,20+/m1/s1. The largest absolute Gasteiger partial charge is 0.462 e. The molecule has 0 spiro atoms. The van der Waals surface area contributed by atoms with Crippen LogP contribution >= 0.6 is 0 Å². The van der Waals surface area contributed by atoms with Crippen molar-refractivity contribution in [3.63, 3.8) is 0 Å². The van der Waals surface area contributed by atoms with E-state index in [1.807, 2.05) is 0 Å². The molecule has 126 valence electrons. The van der Waals surface area contributed by atoms with Crippen LogP contribution in [0.1, 0.15) is 71.6 Å². The van der Waals surface area contributed by atoms with Gasteiger partial charge < -0.3 is 4.74 Å². The maximum atomic E-state index is 11.8. The molecule has 0 aliphatic heterocycles. The fourth-order valence-electron chi connectivity index (χ4n) is 6.40. The van der Waals surface area contributed by atoms with Crippen LogP contribution in [0.25, 0.3) is 0 Å². The molecule has 0 aromatic rings. The molecule has 0 N–H and O–H groups in total. The number of carbonyl (C=O) groups is 2. The Bertz CT molecular complexity index is 575. The Morgan fingerprint density at radius 2 is 1.96 bits per heavy atom. The molecule has 4 rings (SSSR count). The van der Waals surface area contributed by atoms with E-state index in [4.69, 9.17) is 4.74 Å². The van der Waals surface area contributed by atoms with Crippen molar-refractivity contribution >= 4 is 11.8 Å². The second-order valence-electron chi connectivity index (χ2n) is 8.48. The fraction of sp³-hybridized carbons (Fsp3) is 0.800. The summed E-state index contributed by atoms with van der Waals surface area (Å²) in [6, 6.07) is 0. The molecule has 4 aliphatic rings. The first-order valence-electron chi connectivity index (χ1n) is 9.39. The summed E-state index contributed by atoms with van der Waals surface area (Å²) < 4.78 is 5.69. The van der Waals surface area contributed by atoms with Gasteiger partial charge in [0.05, 0.1) is 0 Å². The smallest absolute Gasteiger partial charge is 0.302 e. The highest BCUT2D eigenvalue weighted by Crippen LogP contribution is 2.61. The van der Waals surface area contributed by atoms with Crippen LogP contribution in [-0.4, -0.2) is 17.9 Å². The van der Waals surface area contributed by atoms with E-state index in [1.165, 1.54) is 31.3 Å². The van der Waals surface area contributed by atoms with Crippen molar-refractivity contribution in [2.45, 2.75) is 77.7 Å². The minimum absolute atomic E-state index is 0.120. The van der Waals surface area contributed by atoms with Gasteiger partial charge in [-0.2, -0.15) is 0 Å². The highest BCUT2D eigenvalue weighted by Gasteiger charge is 2.56. The number of hydrogen-bond acceptors (Lipinski definition) is 3. The third kappa shape index (κ3) is 2.38. The van der Waals surface area contributed by atoms with Crippen LogP contribution in [0.3, 0.4) is 0 Å². The predicted molar refractivity (Wildman–Crippen MR) is 87.7 cm³/mol. The molecule has 0 unspecified atom stereocenters. The zero-order valence-electron chi connectivity index (χ0n) is 14.4. The summed E-state index contributed by atoms with van der Waals surface area (Å²) in [7, 11) is 0. The van der Waals surface area contributed by atoms with Crippen LogP contribution in [0.4, 0.5) is 0 Å². The van der Waals surface area contributed by atoms with E-state index in [0.717, 1.165) is 38.0 Å². The van der Waals surface area contributed by atoms with Gasteiger partial charge in [-0.05, 0) is 62.7 Å². The van der Waals surface area contributed by atoms with Gasteiger partial charge in [0, 0.05) is 25.2 Å². The maximum absolute atomic E-state index is 11.8. The van der Waals surface area contributed by atoms with Gasteiger partial charge in [0.1, 0.15) is 11.9 Å². The number of ether oxygens (including phenoxy) is 1. The van der Waals surface area contributed by atoms with E-state index < -0.39 is 0 Å². The van der Waals surface area contributed by atoms with E-state index in [0.29, 0.717) is 17.6 Å². The first kappa shape index (κ1) is 15.4. The minimum Gasteiger partial charge on any atom is -0.462 e. The Balaban J connectivity index is 1.59. The number of fused-ring (bicyclic) bond motifs is 4. The molecular formula is C20H28O3. The van der Waals surface area contributed by atoms with E-state index in [9.17, 15) is 9.59 Å². The fourth-order valence-corrected chi connectivity index (χ4v) is 6.40. The van der Waals surface area contributed by atoms with Crippen LogP contribution in [0.2, 0.25) is 0 Å². The van der Waals surface area contributed by atoms with Gasteiger partial charge >= 0.3 is 5.97 Å². The molecular weight excluding hydrogens is 288 g/mol. The number of carbonyl (C=O) groups excluding carboxylic acids is 2. The van der Waals surface area contributed by atoms with Gasteiger partial charge in [-0.3, -0.25) is 9.59 Å². The predicted octanol–water partition coefficient (Wildman–Crippen LogP) is 4.20. The molecule has 0 amide bonds. The number of Topliss-reactive ketones (excluding diaryl/α,β-unsaturated/α-hetero) is 1. The van der Waals surface area contributed by atoms with Crippen molar-refractivity contribution in [3.05, 3.63) is 11.1 Å². The average Bonchev–Trinajstić information content (AvgIpc) is 2.83. The Morgan fingerprint density at radius 1 is 1.13 bits per heavy atom. The van der Waals surface area contributed by atoms with Crippen LogP contribution in [0.15, 0.2) is 11.1 Å². The molecule has 0 saturated heterocycles. The van der Waals surface area contributed by atoms with Crippen LogP contribution in [0.5, 0.6) is 0 Å². The van der Waals surface area contributed by atoms with E-state index in [-0.39, 0.29) is 17.5 Å². The number of allylic oxidation sites excluding steroid dienone is 2. The van der Waals surface area contributed by atoms with Gasteiger partial charge in [-0.15, -0.1) is 0 Å². The maximum Gasteiger partial charge on any atom is 0.302 e. The highest BCUT2D eigenvalue weighted by atomic mass is 16.5. The molecule has 0 bridgehead atoms. The summed E-state index contributed by atoms with van der Waals surface area (Å²) in [5.74, 6) is 2.47. The lowest BCUT2D eigenvalue weighted by atomic mass is 9.54. The second kappa shape index (κ2) is 5.46. The number of esters is 1. The average molecular weight is 316 g/mol. The Morgan fingerprint density at radius 3 is 2.74 bits per heavy atom. The topological polar surface area (TPSA) is 43.4 Å². The molecule has 23 heavy (non-hydrogen) atoms. The SMILES string of the molecule is CC(=O)O[C@H]1CC[C@H]2[C@@H]3CCC4=C(CCC(=O)C4)[C@H]3CC[C@]12C. The van der Waals surface area contributed by atoms with Gasteiger partial charge in [-0.1, -0.05) is 18.1 Å². The monoisotopic (exact) mass is 316 g/mol. The van der Waals surface area contributed by atoms with Crippen molar-refractivity contribution in [2.75, 3.05) is 0 Å². The zero-order valence-corrected chi connectivity index (χ0v) is 14.4. The van der Waals surface area contributed by atoms with E-state index >= 15 is 0 Å². The summed E-state index contributed by atoms with van der Waals surface area (Å²) >= 11 is 0. The van der Waals surface area contributed by atoms with Crippen LogP contribution in [-0.2, 0) is 14.3 Å². The quantitative estimate of drug-likeness (QED) is 0.538. The normalized spacial score (nSPS) is 42.8. The highest BCUT2D eigenvalue weighted by molar-refractivity contribution is 5.82. The molecule has 5 atom stereocenters. The van der Waals surface area contributed by atoms with E-state index in [2.05, 4.69) is 6.92 Å². The molecule has 0 heterocycles. The van der Waals surface area contributed by atoms with Crippen molar-refractivity contribution in [2.24, 2.45) is 23.2 Å². The molecule has 4 aliphatic carbocycles. The van der Waals surface area contributed by atoms with Gasteiger partial charge in [0.2, 0.25) is 0 Å². The number of ketones is 1. The second-order valence-corrected chi connectivity index (χ2v) is 8.48. The molecule has 0 aromatic heterocycles. The Hall–Kier alpha value is -1.12. The number of rotatable bonds is 1. The molecule has 2 fully saturated rings. The minimum atomic E-state index is -0.126.